The summed E-state index contributed by atoms with van der Waals surface area (Å²) in [7, 11) is 2.31. The highest BCUT2D eigenvalue weighted by Gasteiger charge is 2.67. The first-order valence-corrected chi connectivity index (χ1v) is 10.7. The first kappa shape index (κ1) is 17.1. The second kappa shape index (κ2) is 5.65. The molecule has 2 aromatic carbocycles. The zero-order valence-electron chi connectivity index (χ0n) is 17.4. The Balaban J connectivity index is 1.62. The standard InChI is InChI=1S/C25H27N3O/c1-17-20(18(2)29-26-17)16-28-22-11-6-4-9-19(22)15-24-13-8-14-25(24,28)27(3)23-12-7-5-10-21(23)24/h4-7,9-12H,8,13-16H2,1-3H3/t24-,25-/m0/s1. The monoisotopic (exact) mass is 385 g/mol. The zero-order chi connectivity index (χ0) is 19.8. The van der Waals surface area contributed by atoms with E-state index in [9.17, 15) is 0 Å². The zero-order valence-corrected chi connectivity index (χ0v) is 17.4. The molecule has 1 aromatic heterocycles. The van der Waals surface area contributed by atoms with Crippen molar-refractivity contribution in [3.8, 4) is 0 Å². The van der Waals surface area contributed by atoms with Crippen LogP contribution in [0.4, 0.5) is 11.4 Å². The van der Waals surface area contributed by atoms with E-state index in [1.807, 2.05) is 6.92 Å². The normalized spacial score (nSPS) is 26.9. The number of fused-ring (bicyclic) bond motifs is 2. The minimum absolute atomic E-state index is 0.0405. The predicted molar refractivity (Wildman–Crippen MR) is 115 cm³/mol. The van der Waals surface area contributed by atoms with Gasteiger partial charge in [0.05, 0.1) is 12.2 Å². The van der Waals surface area contributed by atoms with Crippen molar-refractivity contribution in [3.05, 3.63) is 76.7 Å². The van der Waals surface area contributed by atoms with Gasteiger partial charge in [-0.15, -0.1) is 0 Å². The summed E-state index contributed by atoms with van der Waals surface area (Å²) in [5.41, 5.74) is 8.06. The lowest BCUT2D eigenvalue weighted by Gasteiger charge is -2.57. The molecule has 1 fully saturated rings. The number of hydrogen-bond donors (Lipinski definition) is 0. The Morgan fingerprint density at radius 3 is 2.55 bits per heavy atom. The highest BCUT2D eigenvalue weighted by molar-refractivity contribution is 5.75. The fourth-order valence-electron chi connectivity index (χ4n) is 6.73. The van der Waals surface area contributed by atoms with Crippen molar-refractivity contribution in [2.24, 2.45) is 0 Å². The fraction of sp³-hybridized carbons (Fsp3) is 0.400. The van der Waals surface area contributed by atoms with Crippen LogP contribution < -0.4 is 9.80 Å². The quantitative estimate of drug-likeness (QED) is 0.613. The summed E-state index contributed by atoms with van der Waals surface area (Å²) in [6, 6.07) is 18.1. The van der Waals surface area contributed by atoms with Crippen LogP contribution in [0.2, 0.25) is 0 Å². The van der Waals surface area contributed by atoms with Crippen LogP contribution in [-0.2, 0) is 18.4 Å². The molecule has 0 saturated heterocycles. The number of aromatic nitrogens is 1. The van der Waals surface area contributed by atoms with Crippen molar-refractivity contribution in [3.63, 3.8) is 0 Å². The van der Waals surface area contributed by atoms with E-state index in [0.29, 0.717) is 0 Å². The molecule has 2 atom stereocenters. The Morgan fingerprint density at radius 1 is 1.00 bits per heavy atom. The van der Waals surface area contributed by atoms with Gasteiger partial charge in [-0.1, -0.05) is 41.6 Å². The van der Waals surface area contributed by atoms with Crippen LogP contribution >= 0.6 is 0 Å². The third kappa shape index (κ3) is 1.92. The molecule has 0 unspecified atom stereocenters. The van der Waals surface area contributed by atoms with Crippen molar-refractivity contribution >= 4 is 11.4 Å². The molecule has 1 saturated carbocycles. The van der Waals surface area contributed by atoms with Crippen molar-refractivity contribution < 1.29 is 4.52 Å². The lowest BCUT2D eigenvalue weighted by Crippen LogP contribution is -2.67. The average Bonchev–Trinajstić information content (AvgIpc) is 3.34. The van der Waals surface area contributed by atoms with Crippen LogP contribution in [0.3, 0.4) is 0 Å². The molecule has 4 heteroatoms. The van der Waals surface area contributed by atoms with Gasteiger partial charge in [0.15, 0.2) is 0 Å². The molecule has 0 amide bonds. The van der Waals surface area contributed by atoms with E-state index in [1.54, 1.807) is 0 Å². The molecule has 1 aliphatic carbocycles. The van der Waals surface area contributed by atoms with Gasteiger partial charge < -0.3 is 14.3 Å². The van der Waals surface area contributed by atoms with Crippen LogP contribution in [0.5, 0.6) is 0 Å². The number of benzene rings is 2. The van der Waals surface area contributed by atoms with Gasteiger partial charge in [0.1, 0.15) is 11.4 Å². The molecule has 2 aliphatic heterocycles. The summed E-state index contributed by atoms with van der Waals surface area (Å²) in [4.78, 5) is 5.27. The summed E-state index contributed by atoms with van der Waals surface area (Å²) >= 11 is 0. The summed E-state index contributed by atoms with van der Waals surface area (Å²) in [6.07, 6.45) is 4.78. The molecule has 0 radical (unpaired) electrons. The van der Waals surface area contributed by atoms with E-state index in [-0.39, 0.29) is 11.1 Å². The highest BCUT2D eigenvalue weighted by Crippen LogP contribution is 2.65. The van der Waals surface area contributed by atoms with Crippen molar-refractivity contribution in [2.75, 3.05) is 16.8 Å². The van der Waals surface area contributed by atoms with E-state index in [0.717, 1.165) is 24.4 Å². The number of anilines is 2. The van der Waals surface area contributed by atoms with Crippen molar-refractivity contribution in [2.45, 2.75) is 57.2 Å². The number of hydrogen-bond acceptors (Lipinski definition) is 4. The van der Waals surface area contributed by atoms with Gasteiger partial charge >= 0.3 is 0 Å². The molecule has 0 bridgehead atoms. The maximum atomic E-state index is 5.54. The Hall–Kier alpha value is -2.75. The Kier molecular flexibility index (Phi) is 3.34. The van der Waals surface area contributed by atoms with Crippen molar-refractivity contribution in [1.29, 1.82) is 0 Å². The summed E-state index contributed by atoms with van der Waals surface area (Å²) in [6.45, 7) is 4.94. The second-order valence-corrected chi connectivity index (χ2v) is 9.02. The fourth-order valence-corrected chi connectivity index (χ4v) is 6.73. The van der Waals surface area contributed by atoms with Gasteiger partial charge in [0, 0.05) is 29.4 Å². The van der Waals surface area contributed by atoms with Crippen LogP contribution in [0.25, 0.3) is 0 Å². The molecule has 3 heterocycles. The smallest absolute Gasteiger partial charge is 0.138 e. The minimum Gasteiger partial charge on any atom is -0.361 e. The van der Waals surface area contributed by atoms with Gasteiger partial charge in [-0.25, -0.2) is 0 Å². The largest absolute Gasteiger partial charge is 0.361 e. The average molecular weight is 386 g/mol. The van der Waals surface area contributed by atoms with Crippen LogP contribution in [0.15, 0.2) is 53.1 Å². The molecular weight excluding hydrogens is 358 g/mol. The topological polar surface area (TPSA) is 32.5 Å². The van der Waals surface area contributed by atoms with E-state index in [1.165, 1.54) is 47.3 Å². The molecular formula is C25H27N3O. The molecule has 0 spiro atoms. The van der Waals surface area contributed by atoms with E-state index in [4.69, 9.17) is 4.52 Å². The molecule has 3 aromatic rings. The maximum absolute atomic E-state index is 5.54. The number of para-hydroxylation sites is 2. The predicted octanol–water partition coefficient (Wildman–Crippen LogP) is 5.12. The number of likely N-dealkylation sites (N-methyl/N-ethyl adjacent to an activating group) is 1. The van der Waals surface area contributed by atoms with Gasteiger partial charge in [0.25, 0.3) is 0 Å². The third-order valence-corrected chi connectivity index (χ3v) is 7.95. The molecule has 148 valence electrons. The molecule has 6 rings (SSSR count). The lowest BCUT2D eigenvalue weighted by atomic mass is 9.66. The Labute approximate surface area is 172 Å². The number of nitrogens with zero attached hydrogens (tertiary/aromatic N) is 3. The molecule has 3 aliphatic rings. The van der Waals surface area contributed by atoms with E-state index >= 15 is 0 Å². The van der Waals surface area contributed by atoms with E-state index < -0.39 is 0 Å². The van der Waals surface area contributed by atoms with Gasteiger partial charge in [-0.05, 0) is 62.8 Å². The van der Waals surface area contributed by atoms with E-state index in [2.05, 4.69) is 77.5 Å². The van der Waals surface area contributed by atoms with Gasteiger partial charge in [0.2, 0.25) is 0 Å². The van der Waals surface area contributed by atoms with Gasteiger partial charge in [-0.3, -0.25) is 0 Å². The highest BCUT2D eigenvalue weighted by atomic mass is 16.5. The number of rotatable bonds is 2. The molecule has 0 N–H and O–H groups in total. The SMILES string of the molecule is Cc1noc(C)c1CN1c2ccccc2C[C@]23CCC[C@]12N(C)c1ccccc13. The minimum atomic E-state index is -0.0405. The first-order chi connectivity index (χ1) is 14.1. The Bertz CT molecular complexity index is 1100. The summed E-state index contributed by atoms with van der Waals surface area (Å²) < 4.78 is 5.54. The maximum Gasteiger partial charge on any atom is 0.138 e. The van der Waals surface area contributed by atoms with Crippen molar-refractivity contribution in [1.82, 2.24) is 5.16 Å². The van der Waals surface area contributed by atoms with Crippen LogP contribution in [0, 0.1) is 13.8 Å². The second-order valence-electron chi connectivity index (χ2n) is 9.02. The summed E-state index contributed by atoms with van der Waals surface area (Å²) in [5.74, 6) is 0.934. The molecule has 4 nitrogen and oxygen atoms in total. The molecule has 29 heavy (non-hydrogen) atoms. The summed E-state index contributed by atoms with van der Waals surface area (Å²) in [5, 5.41) is 4.25. The third-order valence-electron chi connectivity index (χ3n) is 7.95. The number of aryl methyl sites for hydroxylation is 2. The Morgan fingerprint density at radius 2 is 1.76 bits per heavy atom. The lowest BCUT2D eigenvalue weighted by molar-refractivity contribution is 0.240. The van der Waals surface area contributed by atoms with Crippen LogP contribution in [0.1, 0.15) is 47.4 Å². The van der Waals surface area contributed by atoms with Gasteiger partial charge in [-0.2, -0.15) is 0 Å². The van der Waals surface area contributed by atoms with Crippen LogP contribution in [-0.4, -0.2) is 17.9 Å². The first-order valence-electron chi connectivity index (χ1n) is 10.7.